The minimum absolute atomic E-state index is 1.03. The van der Waals surface area contributed by atoms with Crippen molar-refractivity contribution < 1.29 is 0 Å². The maximum atomic E-state index is 4.00. The van der Waals surface area contributed by atoms with E-state index in [1.54, 1.807) is 0 Å². The third-order valence-electron chi connectivity index (χ3n) is 2.04. The largest absolute Gasteiger partial charge is 0.372 e. The van der Waals surface area contributed by atoms with Crippen LogP contribution in [-0.2, 0) is 0 Å². The van der Waals surface area contributed by atoms with Gasteiger partial charge in [-0.1, -0.05) is 26.5 Å². The molecule has 0 rings (SSSR count). The van der Waals surface area contributed by atoms with E-state index >= 15 is 0 Å². The molecule has 1 heteroatoms. The van der Waals surface area contributed by atoms with Crippen LogP contribution in [0.2, 0.25) is 0 Å². The lowest BCUT2D eigenvalue weighted by Gasteiger charge is -2.25. The van der Waals surface area contributed by atoms with Crippen LogP contribution in [0, 0.1) is 0 Å². The smallest absolute Gasteiger partial charge is 0.0316 e. The Labute approximate surface area is 76.8 Å². The van der Waals surface area contributed by atoms with E-state index in [1.807, 2.05) is 6.92 Å². The van der Waals surface area contributed by atoms with Gasteiger partial charge in [-0.05, 0) is 25.8 Å². The zero-order valence-electron chi connectivity index (χ0n) is 8.69. The second-order valence-corrected chi connectivity index (χ2v) is 3.16. The van der Waals surface area contributed by atoms with Crippen LogP contribution in [0.4, 0.5) is 0 Å². The number of allylic oxidation sites excluding steroid dienone is 1. The molecular formula is C11H21N. The summed E-state index contributed by atoms with van der Waals surface area (Å²) in [4.78, 5) is 2.28. The summed E-state index contributed by atoms with van der Waals surface area (Å²) in [5.74, 6) is 0. The number of unbranched alkanes of at least 4 members (excludes halogenated alkanes) is 1. The Morgan fingerprint density at radius 3 is 2.17 bits per heavy atom. The second kappa shape index (κ2) is 5.87. The van der Waals surface area contributed by atoms with Crippen LogP contribution in [0.5, 0.6) is 0 Å². The monoisotopic (exact) mass is 167 g/mol. The summed E-state index contributed by atoms with van der Waals surface area (Å²) in [5.41, 5.74) is 2.17. The summed E-state index contributed by atoms with van der Waals surface area (Å²) in [6.07, 6.45) is 2.47. The fourth-order valence-corrected chi connectivity index (χ4v) is 1.10. The quantitative estimate of drug-likeness (QED) is 0.549. The van der Waals surface area contributed by atoms with Crippen molar-refractivity contribution >= 4 is 0 Å². The first-order valence-electron chi connectivity index (χ1n) is 4.73. The van der Waals surface area contributed by atoms with Gasteiger partial charge in [0.15, 0.2) is 0 Å². The third kappa shape index (κ3) is 3.61. The van der Waals surface area contributed by atoms with Crippen LogP contribution in [0.25, 0.3) is 0 Å². The highest BCUT2D eigenvalue weighted by Gasteiger charge is 2.03. The van der Waals surface area contributed by atoms with Crippen molar-refractivity contribution in [2.45, 2.75) is 33.6 Å². The van der Waals surface area contributed by atoms with Crippen molar-refractivity contribution in [1.82, 2.24) is 4.90 Å². The molecule has 0 radical (unpaired) electrons. The van der Waals surface area contributed by atoms with E-state index in [9.17, 15) is 0 Å². The summed E-state index contributed by atoms with van der Waals surface area (Å²) in [6.45, 7) is 16.4. The lowest BCUT2D eigenvalue weighted by molar-refractivity contribution is 0.362. The number of likely N-dealkylation sites (N-methyl/N-ethyl adjacent to an activating group) is 1. The molecule has 0 saturated carbocycles. The predicted molar refractivity (Wildman–Crippen MR) is 56.1 cm³/mol. The van der Waals surface area contributed by atoms with Crippen LogP contribution in [0.1, 0.15) is 33.6 Å². The molecule has 70 valence electrons. The molecule has 0 spiro atoms. The first kappa shape index (κ1) is 11.3. The zero-order chi connectivity index (χ0) is 9.56. The highest BCUT2D eigenvalue weighted by Crippen LogP contribution is 2.11. The van der Waals surface area contributed by atoms with E-state index in [1.165, 1.54) is 12.8 Å². The van der Waals surface area contributed by atoms with Gasteiger partial charge in [-0.25, -0.2) is 0 Å². The van der Waals surface area contributed by atoms with Gasteiger partial charge in [-0.15, -0.1) is 0 Å². The molecule has 0 atom stereocenters. The van der Waals surface area contributed by atoms with E-state index in [4.69, 9.17) is 0 Å². The Bertz CT molecular complexity index is 158. The molecule has 0 aliphatic heterocycles. The Morgan fingerprint density at radius 2 is 1.83 bits per heavy atom. The standard InChI is InChI=1S/C11H21N/c1-6-8-9-12(7-2)11(5)10(3)4/h3,5-9H2,1-2,4H3. The number of rotatable bonds is 6. The molecular weight excluding hydrogens is 146 g/mol. The highest BCUT2D eigenvalue weighted by atomic mass is 15.1. The maximum absolute atomic E-state index is 4.00. The normalized spacial score (nSPS) is 9.58. The SMILES string of the molecule is C=C(C)C(=C)N(CC)CCCC. The number of hydrogen-bond acceptors (Lipinski definition) is 1. The molecule has 0 saturated heterocycles. The molecule has 0 aliphatic rings. The van der Waals surface area contributed by atoms with Gasteiger partial charge in [-0.2, -0.15) is 0 Å². The zero-order valence-corrected chi connectivity index (χ0v) is 8.69. The van der Waals surface area contributed by atoms with Crippen molar-refractivity contribution in [3.05, 3.63) is 24.4 Å². The molecule has 0 aromatic carbocycles. The van der Waals surface area contributed by atoms with E-state index in [0.717, 1.165) is 24.4 Å². The van der Waals surface area contributed by atoms with Gasteiger partial charge in [0, 0.05) is 18.8 Å². The fraction of sp³-hybridized carbons (Fsp3) is 0.636. The first-order chi connectivity index (χ1) is 5.63. The van der Waals surface area contributed by atoms with Crippen molar-refractivity contribution in [3.8, 4) is 0 Å². The average molecular weight is 167 g/mol. The molecule has 0 aliphatic carbocycles. The van der Waals surface area contributed by atoms with E-state index in [-0.39, 0.29) is 0 Å². The number of nitrogens with zero attached hydrogens (tertiary/aromatic N) is 1. The van der Waals surface area contributed by atoms with E-state index in [2.05, 4.69) is 31.9 Å². The van der Waals surface area contributed by atoms with Crippen LogP contribution in [0.3, 0.4) is 0 Å². The molecule has 0 unspecified atom stereocenters. The molecule has 0 heterocycles. The molecule has 0 bridgehead atoms. The average Bonchev–Trinajstić information content (AvgIpc) is 2.05. The summed E-state index contributed by atoms with van der Waals surface area (Å²) < 4.78 is 0. The van der Waals surface area contributed by atoms with Gasteiger partial charge in [0.1, 0.15) is 0 Å². The molecule has 0 N–H and O–H groups in total. The van der Waals surface area contributed by atoms with Gasteiger partial charge in [-0.3, -0.25) is 0 Å². The van der Waals surface area contributed by atoms with Crippen molar-refractivity contribution in [1.29, 1.82) is 0 Å². The summed E-state index contributed by atoms with van der Waals surface area (Å²) in [5, 5.41) is 0. The van der Waals surface area contributed by atoms with Crippen LogP contribution >= 0.6 is 0 Å². The summed E-state index contributed by atoms with van der Waals surface area (Å²) in [7, 11) is 0. The van der Waals surface area contributed by atoms with Gasteiger partial charge in [0.2, 0.25) is 0 Å². The van der Waals surface area contributed by atoms with Gasteiger partial charge in [0.05, 0.1) is 0 Å². The second-order valence-electron chi connectivity index (χ2n) is 3.16. The first-order valence-corrected chi connectivity index (χ1v) is 4.73. The molecule has 12 heavy (non-hydrogen) atoms. The molecule has 0 fully saturated rings. The fourth-order valence-electron chi connectivity index (χ4n) is 1.10. The van der Waals surface area contributed by atoms with Crippen molar-refractivity contribution in [2.24, 2.45) is 0 Å². The van der Waals surface area contributed by atoms with Crippen LogP contribution in [-0.4, -0.2) is 18.0 Å². The summed E-state index contributed by atoms with van der Waals surface area (Å²) >= 11 is 0. The maximum Gasteiger partial charge on any atom is 0.0316 e. The van der Waals surface area contributed by atoms with Gasteiger partial charge in [0.25, 0.3) is 0 Å². The minimum Gasteiger partial charge on any atom is -0.372 e. The molecule has 0 aromatic heterocycles. The third-order valence-corrected chi connectivity index (χ3v) is 2.04. The molecule has 0 aromatic rings. The van der Waals surface area contributed by atoms with Crippen LogP contribution < -0.4 is 0 Å². The Balaban J connectivity index is 3.96. The van der Waals surface area contributed by atoms with Crippen molar-refractivity contribution in [2.75, 3.05) is 13.1 Å². The van der Waals surface area contributed by atoms with E-state index < -0.39 is 0 Å². The molecule has 1 nitrogen and oxygen atoms in total. The topological polar surface area (TPSA) is 3.24 Å². The van der Waals surface area contributed by atoms with Crippen molar-refractivity contribution in [3.63, 3.8) is 0 Å². The van der Waals surface area contributed by atoms with Gasteiger partial charge < -0.3 is 4.90 Å². The predicted octanol–water partition coefficient (Wildman–Crippen LogP) is 3.20. The highest BCUT2D eigenvalue weighted by molar-refractivity contribution is 5.21. The Hall–Kier alpha value is -0.720. The Morgan fingerprint density at radius 1 is 1.25 bits per heavy atom. The minimum atomic E-state index is 1.03. The Kier molecular flexibility index (Phi) is 5.52. The lowest BCUT2D eigenvalue weighted by Crippen LogP contribution is -2.23. The van der Waals surface area contributed by atoms with Gasteiger partial charge >= 0.3 is 0 Å². The lowest BCUT2D eigenvalue weighted by atomic mass is 10.2. The molecule has 0 amide bonds. The summed E-state index contributed by atoms with van der Waals surface area (Å²) in [6, 6.07) is 0. The van der Waals surface area contributed by atoms with E-state index in [0.29, 0.717) is 0 Å². The van der Waals surface area contributed by atoms with Crippen LogP contribution in [0.15, 0.2) is 24.4 Å². The number of hydrogen-bond donors (Lipinski definition) is 0.